The second-order valence-electron chi connectivity index (χ2n) is 5.77. The minimum Gasteiger partial charge on any atom is -0.408 e. The molecule has 0 bridgehead atoms. The lowest BCUT2D eigenvalue weighted by Crippen LogP contribution is -2.14. The lowest BCUT2D eigenvalue weighted by Gasteiger charge is -2.11. The molecule has 2 aromatic carbocycles. The first kappa shape index (κ1) is 17.6. The molecule has 6 nitrogen and oxygen atoms in total. The Morgan fingerprint density at radius 3 is 2.52 bits per heavy atom. The van der Waals surface area contributed by atoms with E-state index in [1.165, 1.54) is 16.7 Å². The van der Waals surface area contributed by atoms with Crippen LogP contribution in [-0.2, 0) is 16.6 Å². The summed E-state index contributed by atoms with van der Waals surface area (Å²) in [5, 5.41) is 0.0202. The largest absolute Gasteiger partial charge is 0.419 e. The van der Waals surface area contributed by atoms with Gasteiger partial charge in [-0.2, -0.15) is 0 Å². The third kappa shape index (κ3) is 3.17. The Balaban J connectivity index is 2.09. The third-order valence-electron chi connectivity index (χ3n) is 4.09. The average molecular weight is 381 g/mol. The van der Waals surface area contributed by atoms with Crippen molar-refractivity contribution in [2.75, 3.05) is 4.72 Å². The van der Waals surface area contributed by atoms with Crippen molar-refractivity contribution in [2.24, 2.45) is 0 Å². The van der Waals surface area contributed by atoms with Crippen LogP contribution in [0.1, 0.15) is 18.1 Å². The Labute approximate surface area is 150 Å². The average Bonchev–Trinajstić information content (AvgIpc) is 2.84. The Morgan fingerprint density at radius 1 is 1.16 bits per heavy atom. The zero-order chi connectivity index (χ0) is 18.4. The van der Waals surface area contributed by atoms with Crippen LogP contribution in [0.3, 0.4) is 0 Å². The van der Waals surface area contributed by atoms with E-state index in [2.05, 4.69) is 4.72 Å². The van der Waals surface area contributed by atoms with Gasteiger partial charge in [-0.1, -0.05) is 17.7 Å². The van der Waals surface area contributed by atoms with Gasteiger partial charge in [-0.15, -0.1) is 0 Å². The molecule has 0 aliphatic rings. The Hall–Kier alpha value is -2.25. The summed E-state index contributed by atoms with van der Waals surface area (Å²) in [5.41, 5.74) is 3.10. The molecule has 0 amide bonds. The van der Waals surface area contributed by atoms with Gasteiger partial charge in [-0.25, -0.2) is 13.2 Å². The molecule has 0 saturated carbocycles. The van der Waals surface area contributed by atoms with Gasteiger partial charge in [0.2, 0.25) is 0 Å². The Bertz CT molecular complexity index is 1130. The molecule has 0 atom stereocenters. The molecule has 1 aromatic heterocycles. The lowest BCUT2D eigenvalue weighted by molar-refractivity contribution is 0.512. The molecule has 0 saturated heterocycles. The van der Waals surface area contributed by atoms with Crippen LogP contribution in [0.5, 0.6) is 0 Å². The maximum absolute atomic E-state index is 12.7. The van der Waals surface area contributed by atoms with Crippen LogP contribution in [0.25, 0.3) is 11.1 Å². The van der Waals surface area contributed by atoms with E-state index in [1.54, 1.807) is 19.1 Å². The Kier molecular flexibility index (Phi) is 4.38. The molecule has 132 valence electrons. The van der Waals surface area contributed by atoms with Crippen LogP contribution in [0.4, 0.5) is 5.69 Å². The maximum atomic E-state index is 12.7. The fourth-order valence-electron chi connectivity index (χ4n) is 2.58. The fraction of sp³-hybridized carbons (Fsp3) is 0.235. The molecule has 3 aromatic rings. The van der Waals surface area contributed by atoms with Crippen molar-refractivity contribution in [2.45, 2.75) is 32.2 Å². The predicted molar refractivity (Wildman–Crippen MR) is 97.9 cm³/mol. The highest BCUT2D eigenvalue weighted by atomic mass is 35.5. The van der Waals surface area contributed by atoms with Crippen LogP contribution < -0.4 is 10.5 Å². The van der Waals surface area contributed by atoms with Gasteiger partial charge in [0.05, 0.1) is 10.5 Å². The fourth-order valence-corrected chi connectivity index (χ4v) is 4.17. The number of halogens is 1. The number of nitrogens with one attached hydrogen (secondary N) is 1. The SMILES string of the molecule is CCn1c(=O)oc2cc(S(=O)(=O)Nc3ccc(C)c(C)c3)c(Cl)cc21. The Morgan fingerprint density at radius 2 is 1.88 bits per heavy atom. The van der Waals surface area contributed by atoms with Crippen molar-refractivity contribution in [3.05, 3.63) is 57.0 Å². The molecule has 1 heterocycles. The topological polar surface area (TPSA) is 81.3 Å². The van der Waals surface area contributed by atoms with Gasteiger partial charge in [0, 0.05) is 18.3 Å². The molecular formula is C17H17ClN2O4S. The van der Waals surface area contributed by atoms with Crippen LogP contribution in [0.2, 0.25) is 5.02 Å². The first-order chi connectivity index (χ1) is 11.7. The summed E-state index contributed by atoms with van der Waals surface area (Å²) in [6.45, 7) is 6.03. The first-order valence-corrected chi connectivity index (χ1v) is 9.52. The molecule has 8 heteroatoms. The van der Waals surface area contributed by atoms with Gasteiger partial charge in [0.15, 0.2) is 5.58 Å². The molecule has 0 unspecified atom stereocenters. The number of aromatic nitrogens is 1. The number of fused-ring (bicyclic) bond motifs is 1. The summed E-state index contributed by atoms with van der Waals surface area (Å²) < 4.78 is 34.4. The van der Waals surface area contributed by atoms with Crippen molar-refractivity contribution >= 4 is 38.4 Å². The van der Waals surface area contributed by atoms with Gasteiger partial charge in [-0.05, 0) is 50.1 Å². The zero-order valence-corrected chi connectivity index (χ0v) is 15.5. The van der Waals surface area contributed by atoms with Crippen LogP contribution in [0, 0.1) is 13.8 Å². The minimum absolute atomic E-state index is 0.0202. The molecule has 0 radical (unpaired) electrons. The normalized spacial score (nSPS) is 11.8. The number of aryl methyl sites for hydroxylation is 3. The number of nitrogens with zero attached hydrogens (tertiary/aromatic N) is 1. The van der Waals surface area contributed by atoms with Crippen molar-refractivity contribution in [3.63, 3.8) is 0 Å². The predicted octanol–water partition coefficient (Wildman–Crippen LogP) is 3.69. The lowest BCUT2D eigenvalue weighted by atomic mass is 10.1. The minimum atomic E-state index is -3.93. The van der Waals surface area contributed by atoms with Crippen molar-refractivity contribution in [3.8, 4) is 0 Å². The van der Waals surface area contributed by atoms with Crippen LogP contribution in [0.15, 0.2) is 44.4 Å². The monoisotopic (exact) mass is 380 g/mol. The van der Waals surface area contributed by atoms with E-state index in [0.29, 0.717) is 17.7 Å². The number of oxazole rings is 1. The highest BCUT2D eigenvalue weighted by molar-refractivity contribution is 7.92. The molecule has 0 aliphatic carbocycles. The highest BCUT2D eigenvalue weighted by Gasteiger charge is 2.22. The van der Waals surface area contributed by atoms with Gasteiger partial charge in [0.25, 0.3) is 10.0 Å². The number of hydrogen-bond donors (Lipinski definition) is 1. The summed E-state index contributed by atoms with van der Waals surface area (Å²) in [6.07, 6.45) is 0. The van der Waals surface area contributed by atoms with E-state index in [-0.39, 0.29) is 15.5 Å². The molecule has 25 heavy (non-hydrogen) atoms. The number of anilines is 1. The summed E-state index contributed by atoms with van der Waals surface area (Å²) in [7, 11) is -3.93. The number of hydrogen-bond acceptors (Lipinski definition) is 4. The van der Waals surface area contributed by atoms with Gasteiger partial charge in [-0.3, -0.25) is 9.29 Å². The maximum Gasteiger partial charge on any atom is 0.419 e. The third-order valence-corrected chi connectivity index (χ3v) is 5.93. The number of benzene rings is 2. The van der Waals surface area contributed by atoms with Crippen LogP contribution >= 0.6 is 11.6 Å². The molecule has 1 N–H and O–H groups in total. The molecule has 3 rings (SSSR count). The van der Waals surface area contributed by atoms with E-state index in [0.717, 1.165) is 11.1 Å². The van der Waals surface area contributed by atoms with Gasteiger partial charge in [0.1, 0.15) is 4.90 Å². The van der Waals surface area contributed by atoms with E-state index < -0.39 is 15.8 Å². The van der Waals surface area contributed by atoms with E-state index in [1.807, 2.05) is 19.9 Å². The van der Waals surface area contributed by atoms with Gasteiger partial charge < -0.3 is 4.42 Å². The second kappa shape index (κ2) is 6.24. The summed E-state index contributed by atoms with van der Waals surface area (Å²) >= 11 is 6.17. The summed E-state index contributed by atoms with van der Waals surface area (Å²) in [6, 6.07) is 7.96. The van der Waals surface area contributed by atoms with E-state index in [9.17, 15) is 13.2 Å². The number of rotatable bonds is 4. The van der Waals surface area contributed by atoms with Crippen molar-refractivity contribution in [1.82, 2.24) is 4.57 Å². The van der Waals surface area contributed by atoms with Crippen LogP contribution in [-0.4, -0.2) is 13.0 Å². The summed E-state index contributed by atoms with van der Waals surface area (Å²) in [4.78, 5) is 11.6. The van der Waals surface area contributed by atoms with E-state index in [4.69, 9.17) is 16.0 Å². The second-order valence-corrected chi connectivity index (χ2v) is 7.83. The molecular weight excluding hydrogens is 364 g/mol. The van der Waals surface area contributed by atoms with E-state index >= 15 is 0 Å². The molecule has 0 fully saturated rings. The quantitative estimate of drug-likeness (QED) is 0.748. The first-order valence-electron chi connectivity index (χ1n) is 7.66. The highest BCUT2D eigenvalue weighted by Crippen LogP contribution is 2.29. The smallest absolute Gasteiger partial charge is 0.408 e. The van der Waals surface area contributed by atoms with Crippen molar-refractivity contribution in [1.29, 1.82) is 0 Å². The summed E-state index contributed by atoms with van der Waals surface area (Å²) in [5.74, 6) is -0.551. The molecule has 0 spiro atoms. The van der Waals surface area contributed by atoms with Crippen molar-refractivity contribution < 1.29 is 12.8 Å². The molecule has 0 aliphatic heterocycles. The zero-order valence-electron chi connectivity index (χ0n) is 14.0. The standard InChI is InChI=1S/C17H17ClN2O4S/c1-4-20-14-8-13(18)16(9-15(14)24-17(20)21)25(22,23)19-12-6-5-10(2)11(3)7-12/h5-9,19H,4H2,1-3H3. The number of sulfonamides is 1. The van der Waals surface area contributed by atoms with Gasteiger partial charge >= 0.3 is 5.76 Å².